The third-order valence-corrected chi connectivity index (χ3v) is 4.52. The van der Waals surface area contributed by atoms with Gasteiger partial charge >= 0.3 is 0 Å². The van der Waals surface area contributed by atoms with Crippen molar-refractivity contribution >= 4 is 11.4 Å². The number of pyridine rings is 1. The summed E-state index contributed by atoms with van der Waals surface area (Å²) in [5, 5.41) is 0. The minimum Gasteiger partial charge on any atom is -0.347 e. The fraction of sp³-hybridized carbons (Fsp3) is 0.294. The molecule has 0 unspecified atom stereocenters. The molecule has 1 atom stereocenters. The second-order valence-electron chi connectivity index (χ2n) is 5.98. The van der Waals surface area contributed by atoms with Crippen LogP contribution in [0.1, 0.15) is 22.2 Å². The Morgan fingerprint density at radius 1 is 1.35 bits per heavy atom. The number of carbonyl (C=O) groups is 1. The third-order valence-electron chi connectivity index (χ3n) is 4.52. The number of nitrogens with zero attached hydrogens (tertiary/aromatic N) is 4. The number of likely N-dealkylation sites (N-methyl/N-ethyl adjacent to an activating group) is 1. The molecule has 23 heavy (non-hydrogen) atoms. The van der Waals surface area contributed by atoms with Crippen LogP contribution in [0.15, 0.2) is 49.1 Å². The van der Waals surface area contributed by atoms with Gasteiger partial charge in [0, 0.05) is 49.9 Å². The van der Waals surface area contributed by atoms with E-state index < -0.39 is 0 Å². The minimum absolute atomic E-state index is 0.0818. The average molecular weight is 309 g/mol. The second-order valence-corrected chi connectivity index (χ2v) is 5.98. The number of hydrogen-bond acceptors (Lipinski definition) is 3. The van der Waals surface area contributed by atoms with Crippen LogP contribution >= 0.6 is 0 Å². The topological polar surface area (TPSA) is 56.6 Å². The Balaban J connectivity index is 1.58. The zero-order valence-corrected chi connectivity index (χ0v) is 13.0. The van der Waals surface area contributed by atoms with Crippen molar-refractivity contribution in [2.45, 2.75) is 6.04 Å². The molecule has 1 saturated heterocycles. The SMILES string of the molecule is CN1CCN(C(=O)c2cc3ccccn3c2)C[C@@H]1c1ncc[nH]1. The van der Waals surface area contributed by atoms with Crippen molar-refractivity contribution in [3.05, 3.63) is 60.4 Å². The first kappa shape index (κ1) is 14.0. The van der Waals surface area contributed by atoms with Gasteiger partial charge in [-0.3, -0.25) is 9.69 Å². The van der Waals surface area contributed by atoms with E-state index in [1.807, 2.05) is 52.2 Å². The summed E-state index contributed by atoms with van der Waals surface area (Å²) in [6.45, 7) is 2.22. The lowest BCUT2D eigenvalue weighted by atomic mass is 10.1. The summed E-state index contributed by atoms with van der Waals surface area (Å²) < 4.78 is 1.98. The van der Waals surface area contributed by atoms with Gasteiger partial charge in [-0.25, -0.2) is 4.98 Å². The lowest BCUT2D eigenvalue weighted by Gasteiger charge is -2.38. The van der Waals surface area contributed by atoms with Gasteiger partial charge in [0.2, 0.25) is 0 Å². The van der Waals surface area contributed by atoms with E-state index in [1.165, 1.54) is 0 Å². The normalized spacial score (nSPS) is 19.3. The number of carbonyl (C=O) groups excluding carboxylic acids is 1. The molecular weight excluding hydrogens is 290 g/mol. The van der Waals surface area contributed by atoms with Gasteiger partial charge in [-0.1, -0.05) is 6.07 Å². The summed E-state index contributed by atoms with van der Waals surface area (Å²) in [6.07, 6.45) is 7.44. The van der Waals surface area contributed by atoms with E-state index in [2.05, 4.69) is 21.9 Å². The Labute approximate surface area is 134 Å². The highest BCUT2D eigenvalue weighted by atomic mass is 16.2. The Kier molecular flexibility index (Phi) is 3.38. The molecule has 6 heteroatoms. The smallest absolute Gasteiger partial charge is 0.255 e. The number of H-pyrrole nitrogens is 1. The summed E-state index contributed by atoms with van der Waals surface area (Å²) in [7, 11) is 2.07. The van der Waals surface area contributed by atoms with Gasteiger partial charge in [0.1, 0.15) is 5.82 Å². The molecule has 0 saturated carbocycles. The van der Waals surface area contributed by atoms with Crippen molar-refractivity contribution in [1.29, 1.82) is 0 Å². The fourth-order valence-electron chi connectivity index (χ4n) is 3.17. The highest BCUT2D eigenvalue weighted by molar-refractivity contribution is 5.95. The van der Waals surface area contributed by atoms with Crippen molar-refractivity contribution in [3.8, 4) is 0 Å². The molecule has 0 bridgehead atoms. The Hall–Kier alpha value is -2.60. The van der Waals surface area contributed by atoms with Crippen molar-refractivity contribution in [1.82, 2.24) is 24.2 Å². The molecule has 1 N–H and O–H groups in total. The number of amides is 1. The van der Waals surface area contributed by atoms with Crippen LogP contribution in [0.25, 0.3) is 5.52 Å². The number of nitrogens with one attached hydrogen (secondary N) is 1. The predicted octanol–water partition coefficient (Wildman–Crippen LogP) is 1.79. The molecule has 4 heterocycles. The van der Waals surface area contributed by atoms with E-state index in [9.17, 15) is 4.79 Å². The Bertz CT molecular complexity index is 790. The molecule has 3 aromatic rings. The molecule has 6 nitrogen and oxygen atoms in total. The molecule has 1 aliphatic heterocycles. The Morgan fingerprint density at radius 3 is 3.04 bits per heavy atom. The van der Waals surface area contributed by atoms with Crippen LogP contribution < -0.4 is 0 Å². The van der Waals surface area contributed by atoms with E-state index in [-0.39, 0.29) is 11.9 Å². The highest BCUT2D eigenvalue weighted by Crippen LogP contribution is 2.23. The first-order valence-electron chi connectivity index (χ1n) is 7.78. The monoisotopic (exact) mass is 309 g/mol. The van der Waals surface area contributed by atoms with Crippen LogP contribution in [0, 0.1) is 0 Å². The number of fused-ring (bicyclic) bond motifs is 1. The van der Waals surface area contributed by atoms with Crippen LogP contribution in [0.3, 0.4) is 0 Å². The third kappa shape index (κ3) is 2.51. The molecule has 0 spiro atoms. The maximum atomic E-state index is 12.9. The fourth-order valence-corrected chi connectivity index (χ4v) is 3.17. The van der Waals surface area contributed by atoms with E-state index in [0.717, 1.165) is 30.0 Å². The molecule has 3 aromatic heterocycles. The number of hydrogen-bond donors (Lipinski definition) is 1. The van der Waals surface area contributed by atoms with E-state index >= 15 is 0 Å². The first-order chi connectivity index (χ1) is 11.2. The van der Waals surface area contributed by atoms with Crippen LogP contribution in [0.4, 0.5) is 0 Å². The summed E-state index contributed by atoms with van der Waals surface area (Å²) in [4.78, 5) is 24.5. The minimum atomic E-state index is 0.0818. The predicted molar refractivity (Wildman–Crippen MR) is 87.3 cm³/mol. The summed E-state index contributed by atoms with van der Waals surface area (Å²) in [6, 6.07) is 8.01. The molecule has 1 fully saturated rings. The zero-order valence-electron chi connectivity index (χ0n) is 13.0. The van der Waals surface area contributed by atoms with E-state index in [0.29, 0.717) is 6.54 Å². The maximum absolute atomic E-state index is 12.9. The molecule has 118 valence electrons. The number of aromatic nitrogens is 3. The first-order valence-corrected chi connectivity index (χ1v) is 7.78. The van der Waals surface area contributed by atoms with Crippen LogP contribution in [-0.2, 0) is 0 Å². The lowest BCUT2D eigenvalue weighted by Crippen LogP contribution is -2.49. The van der Waals surface area contributed by atoms with Gasteiger partial charge < -0.3 is 14.3 Å². The van der Waals surface area contributed by atoms with Gasteiger partial charge in [0.15, 0.2) is 0 Å². The largest absolute Gasteiger partial charge is 0.347 e. The Morgan fingerprint density at radius 2 is 2.26 bits per heavy atom. The van der Waals surface area contributed by atoms with E-state index in [4.69, 9.17) is 0 Å². The molecule has 4 rings (SSSR count). The highest BCUT2D eigenvalue weighted by Gasteiger charge is 2.30. The van der Waals surface area contributed by atoms with Crippen molar-refractivity contribution in [3.63, 3.8) is 0 Å². The average Bonchev–Trinajstić information content (AvgIpc) is 3.24. The quantitative estimate of drug-likeness (QED) is 0.785. The molecule has 0 radical (unpaired) electrons. The van der Waals surface area contributed by atoms with Crippen molar-refractivity contribution in [2.24, 2.45) is 0 Å². The number of rotatable bonds is 2. The van der Waals surface area contributed by atoms with Gasteiger partial charge in [0.05, 0.1) is 11.6 Å². The van der Waals surface area contributed by atoms with Gasteiger partial charge in [0.25, 0.3) is 5.91 Å². The number of piperazine rings is 1. The summed E-state index contributed by atoms with van der Waals surface area (Å²) >= 11 is 0. The number of imidazole rings is 1. The molecule has 0 aromatic carbocycles. The van der Waals surface area contributed by atoms with Crippen LogP contribution in [0.5, 0.6) is 0 Å². The van der Waals surface area contributed by atoms with E-state index in [1.54, 1.807) is 6.20 Å². The van der Waals surface area contributed by atoms with Gasteiger partial charge in [-0.15, -0.1) is 0 Å². The lowest BCUT2D eigenvalue weighted by molar-refractivity contribution is 0.0534. The summed E-state index contributed by atoms with van der Waals surface area (Å²) in [5.74, 6) is 0.991. The number of aromatic amines is 1. The van der Waals surface area contributed by atoms with Crippen LogP contribution in [0.2, 0.25) is 0 Å². The molecule has 1 aliphatic rings. The van der Waals surface area contributed by atoms with Crippen LogP contribution in [-0.4, -0.2) is 56.8 Å². The molecule has 1 amide bonds. The standard InChI is InChI=1S/C17H19N5O/c1-20-8-9-22(12-15(20)16-18-5-6-19-16)17(23)13-10-14-4-2-3-7-21(14)11-13/h2-7,10-11,15H,8-9,12H2,1H3,(H,18,19)/t15-/m1/s1. The van der Waals surface area contributed by atoms with Gasteiger partial charge in [-0.05, 0) is 25.2 Å². The van der Waals surface area contributed by atoms with Gasteiger partial charge in [-0.2, -0.15) is 0 Å². The second kappa shape index (κ2) is 5.55. The maximum Gasteiger partial charge on any atom is 0.255 e. The van der Waals surface area contributed by atoms with Crippen molar-refractivity contribution in [2.75, 3.05) is 26.7 Å². The molecule has 0 aliphatic carbocycles. The van der Waals surface area contributed by atoms with Crippen molar-refractivity contribution < 1.29 is 4.79 Å². The zero-order chi connectivity index (χ0) is 15.8. The summed E-state index contributed by atoms with van der Waals surface area (Å²) in [5.41, 5.74) is 1.77. The molecular formula is C17H19N5O.